The molecule has 3 aromatic rings. The summed E-state index contributed by atoms with van der Waals surface area (Å²) < 4.78 is 55.6. The van der Waals surface area contributed by atoms with Crippen LogP contribution in [0.4, 0.5) is 22.4 Å². The van der Waals surface area contributed by atoms with Gasteiger partial charge in [-0.15, -0.1) is 0 Å². The van der Waals surface area contributed by atoms with E-state index >= 15 is 0 Å². The predicted octanol–water partition coefficient (Wildman–Crippen LogP) is 6.47. The molecule has 0 aliphatic heterocycles. The van der Waals surface area contributed by atoms with Gasteiger partial charge in [-0.05, 0) is 54.3 Å². The van der Waals surface area contributed by atoms with Crippen LogP contribution < -0.4 is 10.6 Å². The third kappa shape index (κ3) is 5.59. The number of hydrogen-bond donors (Lipinski definition) is 2. The molecule has 2 aromatic carbocycles. The zero-order valence-corrected chi connectivity index (χ0v) is 19.5. The Balaban J connectivity index is 1.86. The Bertz CT molecular complexity index is 1170. The highest BCUT2D eigenvalue weighted by Gasteiger charge is 2.41. The minimum absolute atomic E-state index is 0.00649. The molecule has 2 amide bonds. The van der Waals surface area contributed by atoms with E-state index in [1.165, 1.54) is 6.20 Å². The first-order valence-corrected chi connectivity index (χ1v) is 11.7. The van der Waals surface area contributed by atoms with Gasteiger partial charge in [0.1, 0.15) is 5.82 Å². The molecular weight excluding hydrogens is 482 g/mol. The number of carbonyl (C=O) groups excluding carboxylic acids is 1. The maximum Gasteiger partial charge on any atom is 0.416 e. The quantitative estimate of drug-likeness (QED) is 0.377. The summed E-state index contributed by atoms with van der Waals surface area (Å²) in [5.41, 5.74) is -1.70. The van der Waals surface area contributed by atoms with Crippen LogP contribution in [0.1, 0.15) is 48.1 Å². The lowest BCUT2D eigenvalue weighted by molar-refractivity contribution is -0.137. The van der Waals surface area contributed by atoms with Crippen LogP contribution in [0, 0.1) is 5.82 Å². The van der Waals surface area contributed by atoms with Crippen molar-refractivity contribution in [1.82, 2.24) is 15.6 Å². The van der Waals surface area contributed by atoms with Gasteiger partial charge >= 0.3 is 12.2 Å². The second kappa shape index (κ2) is 10.2. The maximum absolute atomic E-state index is 14.6. The second-order valence-corrected chi connectivity index (χ2v) is 9.10. The molecule has 1 atom stereocenters. The van der Waals surface area contributed by atoms with E-state index in [0.29, 0.717) is 22.3 Å². The Morgan fingerprint density at radius 1 is 0.971 bits per heavy atom. The number of carbonyl (C=O) groups is 1. The summed E-state index contributed by atoms with van der Waals surface area (Å²) >= 11 is 6.04. The van der Waals surface area contributed by atoms with E-state index in [1.807, 2.05) is 0 Å². The van der Waals surface area contributed by atoms with Crippen LogP contribution in [-0.2, 0) is 11.6 Å². The van der Waals surface area contributed by atoms with Crippen molar-refractivity contribution < 1.29 is 22.4 Å². The normalized spacial score (nSPS) is 16.0. The Hall–Kier alpha value is -3.13. The standard InChI is InChI=1S/C26H24ClF4N3O/c27-20-10-11-23(32-15-20)25(17-6-2-1-3-7-17,16-33-24(35)34-22-8-4-5-9-22)18-12-19(26(29,30)31)14-21(28)13-18/h1-3,6-7,10-15,22H,4-5,8-9,16H2,(H2,33,34,35). The fourth-order valence-corrected chi connectivity index (χ4v) is 4.74. The van der Waals surface area contributed by atoms with E-state index < -0.39 is 29.0 Å². The van der Waals surface area contributed by atoms with Gasteiger partial charge in [0.25, 0.3) is 0 Å². The second-order valence-electron chi connectivity index (χ2n) is 8.67. The third-order valence-electron chi connectivity index (χ3n) is 6.35. The topological polar surface area (TPSA) is 54.0 Å². The van der Waals surface area contributed by atoms with Gasteiger partial charge in [0.2, 0.25) is 0 Å². The molecule has 0 radical (unpaired) electrons. The Kier molecular flexibility index (Phi) is 7.31. The lowest BCUT2D eigenvalue weighted by Crippen LogP contribution is -2.48. The summed E-state index contributed by atoms with van der Waals surface area (Å²) in [5, 5.41) is 6.06. The highest BCUT2D eigenvalue weighted by atomic mass is 35.5. The number of pyridine rings is 1. The van der Waals surface area contributed by atoms with E-state index in [0.717, 1.165) is 37.8 Å². The van der Waals surface area contributed by atoms with Crippen LogP contribution in [0.3, 0.4) is 0 Å². The van der Waals surface area contributed by atoms with Crippen molar-refractivity contribution in [3.8, 4) is 0 Å². The van der Waals surface area contributed by atoms with Gasteiger partial charge in [-0.1, -0.05) is 54.8 Å². The van der Waals surface area contributed by atoms with Gasteiger partial charge in [-0.25, -0.2) is 9.18 Å². The van der Waals surface area contributed by atoms with Gasteiger partial charge in [0.15, 0.2) is 0 Å². The lowest BCUT2D eigenvalue weighted by atomic mass is 9.71. The summed E-state index contributed by atoms with van der Waals surface area (Å²) in [4.78, 5) is 17.2. The first kappa shape index (κ1) is 25.0. The number of amides is 2. The van der Waals surface area contributed by atoms with Crippen LogP contribution >= 0.6 is 11.6 Å². The summed E-state index contributed by atoms with van der Waals surface area (Å²) in [6, 6.07) is 13.8. The Morgan fingerprint density at radius 2 is 1.66 bits per heavy atom. The zero-order valence-electron chi connectivity index (χ0n) is 18.7. The largest absolute Gasteiger partial charge is 0.416 e. The van der Waals surface area contributed by atoms with Crippen molar-refractivity contribution in [2.75, 3.05) is 6.54 Å². The number of aromatic nitrogens is 1. The van der Waals surface area contributed by atoms with Crippen molar-refractivity contribution in [2.24, 2.45) is 0 Å². The SMILES string of the molecule is O=C(NCC(c1ccccc1)(c1cc(F)cc(C(F)(F)F)c1)c1ccc(Cl)cn1)NC1CCCC1. The molecule has 1 unspecified atom stereocenters. The lowest BCUT2D eigenvalue weighted by Gasteiger charge is -2.35. The first-order valence-electron chi connectivity index (χ1n) is 11.3. The average molecular weight is 506 g/mol. The molecule has 1 aliphatic carbocycles. The highest BCUT2D eigenvalue weighted by molar-refractivity contribution is 6.30. The van der Waals surface area contributed by atoms with Crippen molar-refractivity contribution in [2.45, 2.75) is 43.3 Å². The fraction of sp³-hybridized carbons (Fsp3) is 0.308. The van der Waals surface area contributed by atoms with Gasteiger partial charge < -0.3 is 10.6 Å². The Labute approximate surface area is 205 Å². The molecule has 1 fully saturated rings. The average Bonchev–Trinajstić information content (AvgIpc) is 3.33. The van der Waals surface area contributed by atoms with Gasteiger partial charge in [0.05, 0.1) is 21.7 Å². The van der Waals surface area contributed by atoms with Crippen molar-refractivity contribution in [1.29, 1.82) is 0 Å². The molecule has 1 saturated carbocycles. The third-order valence-corrected chi connectivity index (χ3v) is 6.58. The van der Waals surface area contributed by atoms with Gasteiger partial charge in [0, 0.05) is 18.8 Å². The van der Waals surface area contributed by atoms with Gasteiger partial charge in [-0.2, -0.15) is 13.2 Å². The molecular formula is C26H24ClF4N3O. The molecule has 35 heavy (non-hydrogen) atoms. The number of rotatable bonds is 6. The fourth-order valence-electron chi connectivity index (χ4n) is 4.63. The summed E-state index contributed by atoms with van der Waals surface area (Å²) in [6.07, 6.45) is 0.398. The Morgan fingerprint density at radius 3 is 2.29 bits per heavy atom. The zero-order chi connectivity index (χ0) is 25.1. The molecule has 4 nitrogen and oxygen atoms in total. The molecule has 0 spiro atoms. The van der Waals surface area contributed by atoms with Crippen LogP contribution in [0.15, 0.2) is 66.9 Å². The van der Waals surface area contributed by atoms with Gasteiger partial charge in [-0.3, -0.25) is 4.98 Å². The van der Waals surface area contributed by atoms with Crippen LogP contribution in [0.5, 0.6) is 0 Å². The first-order chi connectivity index (χ1) is 16.7. The summed E-state index contributed by atoms with van der Waals surface area (Å²) in [5.74, 6) is -1.04. The van der Waals surface area contributed by atoms with Crippen LogP contribution in [-0.4, -0.2) is 23.6 Å². The molecule has 2 N–H and O–H groups in total. The van der Waals surface area contributed by atoms with E-state index in [2.05, 4.69) is 15.6 Å². The molecule has 0 saturated heterocycles. The molecule has 0 bridgehead atoms. The summed E-state index contributed by atoms with van der Waals surface area (Å²) in [7, 11) is 0. The number of hydrogen-bond acceptors (Lipinski definition) is 2. The molecule has 9 heteroatoms. The molecule has 1 heterocycles. The van der Waals surface area contributed by atoms with E-state index in [-0.39, 0.29) is 18.2 Å². The number of benzene rings is 2. The predicted molar refractivity (Wildman–Crippen MR) is 126 cm³/mol. The van der Waals surface area contributed by atoms with E-state index in [9.17, 15) is 22.4 Å². The number of urea groups is 1. The highest BCUT2D eigenvalue weighted by Crippen LogP contribution is 2.41. The number of halogens is 5. The van der Waals surface area contributed by atoms with E-state index in [1.54, 1.807) is 42.5 Å². The molecule has 4 rings (SSSR count). The minimum atomic E-state index is -4.76. The molecule has 1 aliphatic rings. The number of nitrogens with zero attached hydrogens (tertiary/aromatic N) is 1. The van der Waals surface area contributed by atoms with Crippen molar-refractivity contribution in [3.05, 3.63) is 100 Å². The molecule has 1 aromatic heterocycles. The molecule has 184 valence electrons. The van der Waals surface area contributed by atoms with Crippen molar-refractivity contribution in [3.63, 3.8) is 0 Å². The smallest absolute Gasteiger partial charge is 0.337 e. The van der Waals surface area contributed by atoms with E-state index in [4.69, 9.17) is 11.6 Å². The number of alkyl halides is 3. The monoisotopic (exact) mass is 505 g/mol. The summed E-state index contributed by atoms with van der Waals surface area (Å²) in [6.45, 7) is -0.162. The minimum Gasteiger partial charge on any atom is -0.337 e. The maximum atomic E-state index is 14.6. The van der Waals surface area contributed by atoms with Crippen molar-refractivity contribution >= 4 is 17.6 Å². The van der Waals surface area contributed by atoms with Crippen LogP contribution in [0.25, 0.3) is 0 Å². The van der Waals surface area contributed by atoms with Crippen LogP contribution in [0.2, 0.25) is 5.02 Å². The number of nitrogens with one attached hydrogen (secondary N) is 2.